The van der Waals surface area contributed by atoms with Crippen molar-refractivity contribution in [3.05, 3.63) is 36.0 Å². The van der Waals surface area contributed by atoms with Gasteiger partial charge in [0.2, 0.25) is 5.91 Å². The summed E-state index contributed by atoms with van der Waals surface area (Å²) in [5.41, 5.74) is 1.11. The van der Waals surface area contributed by atoms with Gasteiger partial charge in [-0.15, -0.1) is 0 Å². The van der Waals surface area contributed by atoms with Crippen LogP contribution in [0.4, 0.5) is 14.6 Å². The summed E-state index contributed by atoms with van der Waals surface area (Å²) in [7, 11) is 0. The third-order valence-corrected chi connectivity index (χ3v) is 3.52. The molecule has 1 aliphatic heterocycles. The summed E-state index contributed by atoms with van der Waals surface area (Å²) in [5, 5.41) is 3.30. The predicted molar refractivity (Wildman–Crippen MR) is 82.0 cm³/mol. The number of aryl methyl sites for hydroxylation is 1. The van der Waals surface area contributed by atoms with Crippen molar-refractivity contribution in [3.63, 3.8) is 0 Å². The molecule has 1 amide bonds. The van der Waals surface area contributed by atoms with E-state index in [1.54, 1.807) is 11.1 Å². The molecule has 120 valence electrons. The fourth-order valence-corrected chi connectivity index (χ4v) is 2.44. The van der Waals surface area contributed by atoms with Gasteiger partial charge in [-0.05, 0) is 43.5 Å². The van der Waals surface area contributed by atoms with Gasteiger partial charge in [0.05, 0.1) is 0 Å². The van der Waals surface area contributed by atoms with Crippen molar-refractivity contribution in [1.29, 1.82) is 0 Å². The Kier molecular flexibility index (Phi) is 5.11. The van der Waals surface area contributed by atoms with Crippen molar-refractivity contribution in [1.82, 2.24) is 9.88 Å². The van der Waals surface area contributed by atoms with Crippen LogP contribution < -0.4 is 5.32 Å². The quantitative estimate of drug-likeness (QED) is 0.870. The van der Waals surface area contributed by atoms with E-state index in [2.05, 4.69) is 10.3 Å². The maximum atomic E-state index is 12.8. The molecular weight excluding hydrogens is 288 g/mol. The maximum Gasteiger partial charge on any atom is 0.264 e. The largest absolute Gasteiger partial charge is 0.366 e. The predicted octanol–water partition coefficient (Wildman–Crippen LogP) is 3.00. The van der Waals surface area contributed by atoms with E-state index in [4.69, 9.17) is 0 Å². The molecule has 4 nitrogen and oxygen atoms in total. The smallest absolute Gasteiger partial charge is 0.264 e. The SMILES string of the molecule is Cc1ccnc(NC2CCCN(C(=O)C=CC(C)(F)F)C2)c1. The second kappa shape index (κ2) is 6.85. The Morgan fingerprint density at radius 2 is 2.32 bits per heavy atom. The van der Waals surface area contributed by atoms with Crippen LogP contribution in [0.1, 0.15) is 25.3 Å². The molecule has 1 aromatic heterocycles. The van der Waals surface area contributed by atoms with Gasteiger partial charge in [0.15, 0.2) is 0 Å². The molecule has 0 aliphatic carbocycles. The van der Waals surface area contributed by atoms with Crippen molar-refractivity contribution in [2.24, 2.45) is 0 Å². The molecule has 1 atom stereocenters. The Morgan fingerprint density at radius 3 is 3.00 bits per heavy atom. The molecule has 1 N–H and O–H groups in total. The van der Waals surface area contributed by atoms with Gasteiger partial charge in [0.25, 0.3) is 5.92 Å². The highest BCUT2D eigenvalue weighted by molar-refractivity contribution is 5.87. The summed E-state index contributed by atoms with van der Waals surface area (Å²) in [6, 6.07) is 3.94. The molecule has 6 heteroatoms. The number of hydrogen-bond donors (Lipinski definition) is 1. The number of nitrogens with one attached hydrogen (secondary N) is 1. The van der Waals surface area contributed by atoms with E-state index in [1.807, 2.05) is 19.1 Å². The number of pyridine rings is 1. The number of rotatable bonds is 4. The number of piperidine rings is 1. The summed E-state index contributed by atoms with van der Waals surface area (Å²) in [6.45, 7) is 3.84. The molecule has 0 radical (unpaired) electrons. The van der Waals surface area contributed by atoms with Gasteiger partial charge >= 0.3 is 0 Å². The van der Waals surface area contributed by atoms with E-state index in [-0.39, 0.29) is 11.9 Å². The highest BCUT2D eigenvalue weighted by Crippen LogP contribution is 2.17. The minimum Gasteiger partial charge on any atom is -0.366 e. The second-order valence-electron chi connectivity index (χ2n) is 5.78. The molecule has 0 aromatic carbocycles. The van der Waals surface area contributed by atoms with E-state index < -0.39 is 5.92 Å². The summed E-state index contributed by atoms with van der Waals surface area (Å²) in [6.07, 6.45) is 5.11. The van der Waals surface area contributed by atoms with Crippen LogP contribution >= 0.6 is 0 Å². The Hall–Kier alpha value is -1.98. The molecule has 0 bridgehead atoms. The molecule has 1 aromatic rings. The first-order chi connectivity index (χ1) is 10.3. The fourth-order valence-electron chi connectivity index (χ4n) is 2.44. The summed E-state index contributed by atoms with van der Waals surface area (Å²) in [4.78, 5) is 17.8. The Morgan fingerprint density at radius 1 is 1.55 bits per heavy atom. The van der Waals surface area contributed by atoms with Crippen LogP contribution in [-0.2, 0) is 4.79 Å². The zero-order valence-electron chi connectivity index (χ0n) is 12.9. The highest BCUT2D eigenvalue weighted by Gasteiger charge is 2.24. The first kappa shape index (κ1) is 16.4. The first-order valence-electron chi connectivity index (χ1n) is 7.39. The molecule has 1 saturated heterocycles. The maximum absolute atomic E-state index is 12.8. The van der Waals surface area contributed by atoms with Crippen molar-refractivity contribution in [2.45, 2.75) is 38.7 Å². The summed E-state index contributed by atoms with van der Waals surface area (Å²) >= 11 is 0. The minimum atomic E-state index is -2.96. The topological polar surface area (TPSA) is 45.2 Å². The number of nitrogens with zero attached hydrogens (tertiary/aromatic N) is 2. The Labute approximate surface area is 129 Å². The normalized spacial score (nSPS) is 19.5. The lowest BCUT2D eigenvalue weighted by atomic mass is 10.1. The lowest BCUT2D eigenvalue weighted by molar-refractivity contribution is -0.127. The number of amides is 1. The van der Waals surface area contributed by atoms with Crippen molar-refractivity contribution in [2.75, 3.05) is 18.4 Å². The lowest BCUT2D eigenvalue weighted by Crippen LogP contribution is -2.44. The average molecular weight is 309 g/mol. The summed E-state index contributed by atoms with van der Waals surface area (Å²) in [5.74, 6) is -2.56. The van der Waals surface area contributed by atoms with E-state index >= 15 is 0 Å². The monoisotopic (exact) mass is 309 g/mol. The van der Waals surface area contributed by atoms with Crippen LogP contribution in [0.25, 0.3) is 0 Å². The summed E-state index contributed by atoms with van der Waals surface area (Å²) < 4.78 is 25.5. The fraction of sp³-hybridized carbons (Fsp3) is 0.500. The number of alkyl halides is 2. The number of carbonyl (C=O) groups excluding carboxylic acids is 1. The van der Waals surface area contributed by atoms with Crippen molar-refractivity contribution >= 4 is 11.7 Å². The number of allylic oxidation sites excluding steroid dienone is 1. The molecule has 1 fully saturated rings. The van der Waals surface area contributed by atoms with Gasteiger partial charge in [0.1, 0.15) is 5.82 Å². The number of anilines is 1. The zero-order valence-corrected chi connectivity index (χ0v) is 12.9. The van der Waals surface area contributed by atoms with E-state index in [1.165, 1.54) is 0 Å². The molecule has 2 heterocycles. The second-order valence-corrected chi connectivity index (χ2v) is 5.78. The number of aromatic nitrogens is 1. The zero-order chi connectivity index (χ0) is 16.2. The molecule has 0 spiro atoms. The van der Waals surface area contributed by atoms with E-state index in [9.17, 15) is 13.6 Å². The van der Waals surface area contributed by atoms with Crippen LogP contribution in [0.15, 0.2) is 30.5 Å². The molecule has 22 heavy (non-hydrogen) atoms. The van der Waals surface area contributed by atoms with Crippen molar-refractivity contribution < 1.29 is 13.6 Å². The lowest BCUT2D eigenvalue weighted by Gasteiger charge is -2.33. The van der Waals surface area contributed by atoms with Crippen LogP contribution in [-0.4, -0.2) is 40.8 Å². The van der Waals surface area contributed by atoms with Crippen molar-refractivity contribution in [3.8, 4) is 0 Å². The molecule has 1 aliphatic rings. The van der Waals surface area contributed by atoms with Crippen LogP contribution in [0.2, 0.25) is 0 Å². The molecule has 1 unspecified atom stereocenters. The highest BCUT2D eigenvalue weighted by atomic mass is 19.3. The third-order valence-electron chi connectivity index (χ3n) is 3.52. The standard InChI is InChI=1S/C16H21F2N3O/c1-12-6-8-19-14(10-12)20-13-4-3-9-21(11-13)15(22)5-7-16(2,17)18/h5-8,10,13H,3-4,9,11H2,1-2H3,(H,19,20). The van der Waals surface area contributed by atoms with Gasteiger partial charge in [0, 0.05) is 38.3 Å². The first-order valence-corrected chi connectivity index (χ1v) is 7.39. The molecule has 2 rings (SSSR count). The Bertz CT molecular complexity index is 555. The average Bonchev–Trinajstić information content (AvgIpc) is 2.44. The number of hydrogen-bond acceptors (Lipinski definition) is 3. The van der Waals surface area contributed by atoms with Gasteiger partial charge in [-0.1, -0.05) is 0 Å². The number of likely N-dealkylation sites (tertiary alicyclic amines) is 1. The number of halogens is 2. The van der Waals surface area contributed by atoms with Gasteiger partial charge < -0.3 is 10.2 Å². The van der Waals surface area contributed by atoms with E-state index in [0.717, 1.165) is 37.2 Å². The van der Waals surface area contributed by atoms with Gasteiger partial charge in [-0.2, -0.15) is 0 Å². The number of carbonyl (C=O) groups is 1. The Balaban J connectivity index is 1.94. The van der Waals surface area contributed by atoms with Crippen LogP contribution in [0.5, 0.6) is 0 Å². The van der Waals surface area contributed by atoms with Gasteiger partial charge in [-0.25, -0.2) is 13.8 Å². The minimum absolute atomic E-state index is 0.0857. The molecular formula is C16H21F2N3O. The van der Waals surface area contributed by atoms with Crippen LogP contribution in [0, 0.1) is 6.92 Å². The third kappa shape index (κ3) is 5.09. The molecule has 0 saturated carbocycles. The van der Waals surface area contributed by atoms with Crippen LogP contribution in [0.3, 0.4) is 0 Å². The van der Waals surface area contributed by atoms with Gasteiger partial charge in [-0.3, -0.25) is 4.79 Å². The van der Waals surface area contributed by atoms with E-state index in [0.29, 0.717) is 19.2 Å².